The summed E-state index contributed by atoms with van der Waals surface area (Å²) < 4.78 is 0. The van der Waals surface area contributed by atoms with Crippen molar-refractivity contribution in [2.45, 2.75) is 24.9 Å². The Labute approximate surface area is 115 Å². The lowest BCUT2D eigenvalue weighted by Crippen LogP contribution is -2.69. The lowest BCUT2D eigenvalue weighted by Gasteiger charge is -2.41. The van der Waals surface area contributed by atoms with Gasteiger partial charge in [-0.3, -0.25) is 19.7 Å². The summed E-state index contributed by atoms with van der Waals surface area (Å²) in [6, 6.07) is 6.57. The zero-order valence-electron chi connectivity index (χ0n) is 10.9. The van der Waals surface area contributed by atoms with Gasteiger partial charge in [-0.05, 0) is 37.9 Å². The van der Waals surface area contributed by atoms with Crippen molar-refractivity contribution in [1.29, 1.82) is 0 Å². The van der Waals surface area contributed by atoms with Crippen LogP contribution in [0.25, 0.3) is 0 Å². The Kier molecular flexibility index (Phi) is 2.83. The maximum Gasteiger partial charge on any atom is 0.263 e. The van der Waals surface area contributed by atoms with Crippen LogP contribution >= 0.6 is 0 Å². The van der Waals surface area contributed by atoms with Gasteiger partial charge in [-0.2, -0.15) is 0 Å². The summed E-state index contributed by atoms with van der Waals surface area (Å²) in [5.41, 5.74) is 4.75. The third-order valence-electron chi connectivity index (χ3n) is 3.97. The van der Waals surface area contributed by atoms with Gasteiger partial charge >= 0.3 is 0 Å². The highest BCUT2D eigenvalue weighted by Gasteiger charge is 2.53. The molecule has 3 rings (SSSR count). The maximum absolute atomic E-state index is 12.5. The van der Waals surface area contributed by atoms with Crippen LogP contribution in [0.1, 0.15) is 40.0 Å². The first-order chi connectivity index (χ1) is 9.58. The van der Waals surface area contributed by atoms with Crippen molar-refractivity contribution >= 4 is 17.7 Å². The van der Waals surface area contributed by atoms with Crippen LogP contribution < -0.4 is 11.1 Å². The molecule has 0 saturated carbocycles. The first kappa shape index (κ1) is 12.8. The van der Waals surface area contributed by atoms with E-state index in [1.54, 1.807) is 24.3 Å². The number of rotatable bonds is 2. The molecule has 1 aromatic carbocycles. The number of nitrogens with two attached hydrogens (primary N) is 1. The molecule has 0 spiro atoms. The molecule has 0 radical (unpaired) electrons. The van der Waals surface area contributed by atoms with Crippen molar-refractivity contribution < 1.29 is 14.4 Å². The normalized spacial score (nSPS) is 25.7. The number of carbonyl (C=O) groups is 3. The summed E-state index contributed by atoms with van der Waals surface area (Å²) in [6.07, 6.45) is 1.98. The Morgan fingerprint density at radius 2 is 1.75 bits per heavy atom. The highest BCUT2D eigenvalue weighted by Crippen LogP contribution is 2.32. The van der Waals surface area contributed by atoms with Gasteiger partial charge in [0, 0.05) is 0 Å². The first-order valence-corrected chi connectivity index (χ1v) is 6.61. The van der Waals surface area contributed by atoms with Crippen LogP contribution in [0.2, 0.25) is 0 Å². The molecule has 3 N–H and O–H groups in total. The second-order valence-corrected chi connectivity index (χ2v) is 5.10. The van der Waals surface area contributed by atoms with Gasteiger partial charge < -0.3 is 5.73 Å². The summed E-state index contributed by atoms with van der Waals surface area (Å²) in [6.45, 7) is 0.552. The molecule has 0 aromatic heterocycles. The van der Waals surface area contributed by atoms with Crippen LogP contribution in [0.5, 0.6) is 0 Å². The lowest BCUT2D eigenvalue weighted by atomic mass is 9.95. The number of hydrogen-bond acceptors (Lipinski definition) is 4. The summed E-state index contributed by atoms with van der Waals surface area (Å²) in [5.74, 6) is -1.61. The van der Waals surface area contributed by atoms with E-state index in [0.29, 0.717) is 24.1 Å². The highest BCUT2D eigenvalue weighted by atomic mass is 16.2. The summed E-state index contributed by atoms with van der Waals surface area (Å²) in [7, 11) is 0. The summed E-state index contributed by atoms with van der Waals surface area (Å²) >= 11 is 0. The molecule has 3 amide bonds. The summed E-state index contributed by atoms with van der Waals surface area (Å²) in [4.78, 5) is 37.9. The topological polar surface area (TPSA) is 92.5 Å². The van der Waals surface area contributed by atoms with Crippen LogP contribution in [-0.2, 0) is 4.79 Å². The van der Waals surface area contributed by atoms with Crippen molar-refractivity contribution in [2.24, 2.45) is 5.73 Å². The van der Waals surface area contributed by atoms with E-state index in [0.717, 1.165) is 17.7 Å². The molecule has 6 heteroatoms. The molecule has 1 unspecified atom stereocenters. The minimum Gasteiger partial charge on any atom is -0.366 e. The molecule has 1 aromatic rings. The molecule has 1 fully saturated rings. The number of nitrogens with zero attached hydrogens (tertiary/aromatic N) is 1. The average Bonchev–Trinajstić information content (AvgIpc) is 2.72. The predicted octanol–water partition coefficient (Wildman–Crippen LogP) is 0.238. The van der Waals surface area contributed by atoms with E-state index in [-0.39, 0.29) is 0 Å². The molecule has 2 heterocycles. The molecule has 1 saturated heterocycles. The van der Waals surface area contributed by atoms with Gasteiger partial charge in [0.2, 0.25) is 0 Å². The van der Waals surface area contributed by atoms with Crippen LogP contribution in [0.15, 0.2) is 24.3 Å². The standard InChI is InChI=1S/C14H15N3O3/c15-13(20)14(7-3-4-8-16-14)17-11(18)9-5-1-2-6-10(9)12(17)19/h1-2,5-6,16H,3-4,7-8H2,(H2,15,20). The van der Waals surface area contributed by atoms with E-state index in [1.807, 2.05) is 0 Å². The quantitative estimate of drug-likeness (QED) is 0.755. The third-order valence-corrected chi connectivity index (χ3v) is 3.97. The van der Waals surface area contributed by atoms with Crippen LogP contribution in [0, 0.1) is 0 Å². The number of amides is 3. The number of fused-ring (bicyclic) bond motifs is 1. The molecule has 6 nitrogen and oxygen atoms in total. The Hall–Kier alpha value is -2.21. The Morgan fingerprint density at radius 1 is 1.15 bits per heavy atom. The number of imide groups is 1. The predicted molar refractivity (Wildman–Crippen MR) is 70.7 cm³/mol. The number of carbonyl (C=O) groups excluding carboxylic acids is 3. The van der Waals surface area contributed by atoms with Gasteiger partial charge in [-0.1, -0.05) is 12.1 Å². The van der Waals surface area contributed by atoms with E-state index in [2.05, 4.69) is 5.32 Å². The van der Waals surface area contributed by atoms with Gasteiger partial charge in [0.1, 0.15) is 0 Å². The van der Waals surface area contributed by atoms with Crippen molar-refractivity contribution in [3.05, 3.63) is 35.4 Å². The van der Waals surface area contributed by atoms with E-state index in [9.17, 15) is 14.4 Å². The summed E-state index contributed by atoms with van der Waals surface area (Å²) in [5, 5.41) is 2.98. The molecule has 1 atom stereocenters. The van der Waals surface area contributed by atoms with Crippen LogP contribution in [0.4, 0.5) is 0 Å². The fourth-order valence-electron chi connectivity index (χ4n) is 2.94. The van der Waals surface area contributed by atoms with E-state index in [1.165, 1.54) is 0 Å². The molecule has 0 aliphatic carbocycles. The van der Waals surface area contributed by atoms with Crippen molar-refractivity contribution in [2.75, 3.05) is 6.54 Å². The van der Waals surface area contributed by atoms with E-state index >= 15 is 0 Å². The van der Waals surface area contributed by atoms with E-state index < -0.39 is 23.4 Å². The lowest BCUT2D eigenvalue weighted by molar-refractivity contribution is -0.131. The number of piperidine rings is 1. The highest BCUT2D eigenvalue weighted by molar-refractivity contribution is 6.23. The smallest absolute Gasteiger partial charge is 0.263 e. The fourth-order valence-corrected chi connectivity index (χ4v) is 2.94. The minimum absolute atomic E-state index is 0.325. The third kappa shape index (κ3) is 1.58. The number of primary amides is 1. The van der Waals surface area contributed by atoms with Gasteiger partial charge in [0.05, 0.1) is 11.1 Å². The van der Waals surface area contributed by atoms with Crippen molar-refractivity contribution in [3.63, 3.8) is 0 Å². The van der Waals surface area contributed by atoms with Gasteiger partial charge in [0.15, 0.2) is 5.66 Å². The number of benzene rings is 1. The van der Waals surface area contributed by atoms with Crippen molar-refractivity contribution in [3.8, 4) is 0 Å². The Balaban J connectivity index is 2.08. The Bertz CT molecular complexity index is 570. The van der Waals surface area contributed by atoms with Crippen LogP contribution in [0.3, 0.4) is 0 Å². The largest absolute Gasteiger partial charge is 0.366 e. The zero-order chi connectivity index (χ0) is 14.3. The fraction of sp³-hybridized carbons (Fsp3) is 0.357. The first-order valence-electron chi connectivity index (χ1n) is 6.61. The van der Waals surface area contributed by atoms with Gasteiger partial charge in [-0.25, -0.2) is 4.90 Å². The minimum atomic E-state index is -1.40. The maximum atomic E-state index is 12.5. The molecule has 104 valence electrons. The van der Waals surface area contributed by atoms with Crippen molar-refractivity contribution in [1.82, 2.24) is 10.2 Å². The molecule has 2 aliphatic heterocycles. The number of nitrogens with one attached hydrogen (secondary N) is 1. The van der Waals surface area contributed by atoms with Crippen LogP contribution in [-0.4, -0.2) is 34.8 Å². The Morgan fingerprint density at radius 3 is 2.20 bits per heavy atom. The second-order valence-electron chi connectivity index (χ2n) is 5.10. The SMILES string of the molecule is NC(=O)C1(N2C(=O)c3ccccc3C2=O)CCCCN1. The molecular formula is C14H15N3O3. The van der Waals surface area contributed by atoms with Gasteiger partial charge in [0.25, 0.3) is 17.7 Å². The van der Waals surface area contributed by atoms with E-state index in [4.69, 9.17) is 5.73 Å². The monoisotopic (exact) mass is 273 g/mol. The molecular weight excluding hydrogens is 258 g/mol. The van der Waals surface area contributed by atoms with Gasteiger partial charge in [-0.15, -0.1) is 0 Å². The molecule has 20 heavy (non-hydrogen) atoms. The zero-order valence-corrected chi connectivity index (χ0v) is 10.9. The number of hydrogen-bond donors (Lipinski definition) is 2. The second kappa shape index (κ2) is 4.42. The molecule has 2 aliphatic rings. The average molecular weight is 273 g/mol. The molecule has 0 bridgehead atoms.